The molecule has 2 nitrogen and oxygen atoms in total. The van der Waals surface area contributed by atoms with Crippen molar-refractivity contribution in [3.8, 4) is 0 Å². The van der Waals surface area contributed by atoms with Gasteiger partial charge in [-0.1, -0.05) is 239 Å². The van der Waals surface area contributed by atoms with Gasteiger partial charge < -0.3 is 4.74 Å². The third-order valence-electron chi connectivity index (χ3n) is 9.75. The molecule has 2 heteroatoms. The summed E-state index contributed by atoms with van der Waals surface area (Å²) < 4.78 is 5.43. The van der Waals surface area contributed by atoms with Gasteiger partial charge in [-0.05, 0) is 12.8 Å². The number of unbranched alkanes of at least 4 members (excludes halogenated alkanes) is 35. The predicted octanol–water partition coefficient (Wildman–Crippen LogP) is 15.4. The summed E-state index contributed by atoms with van der Waals surface area (Å²) in [4.78, 5) is 11.9. The largest absolute Gasteiger partial charge is 0.466 e. The summed E-state index contributed by atoms with van der Waals surface area (Å²) in [6.07, 6.45) is 52.1. The number of ether oxygens (including phenoxy) is 1. The van der Waals surface area contributed by atoms with Gasteiger partial charge in [0, 0.05) is 6.42 Å². The molecule has 0 rings (SSSR count). The summed E-state index contributed by atoms with van der Waals surface area (Å²) in [6, 6.07) is 0. The molecule has 0 aromatic carbocycles. The van der Waals surface area contributed by atoms with E-state index >= 15 is 0 Å². The monoisotopic (exact) mass is 621 g/mol. The number of carbonyl (C=O) groups is 1. The predicted molar refractivity (Wildman–Crippen MR) is 198 cm³/mol. The molecule has 0 amide bonds. The molecular weight excluding hydrogens is 536 g/mol. The van der Waals surface area contributed by atoms with E-state index in [1.165, 1.54) is 225 Å². The zero-order chi connectivity index (χ0) is 31.9. The maximum Gasteiger partial charge on any atom is 0.305 e. The molecule has 0 atom stereocenters. The van der Waals surface area contributed by atoms with Crippen molar-refractivity contribution < 1.29 is 9.53 Å². The Labute approximate surface area is 279 Å². The van der Waals surface area contributed by atoms with E-state index < -0.39 is 0 Å². The summed E-state index contributed by atoms with van der Waals surface area (Å²) >= 11 is 0. The van der Waals surface area contributed by atoms with Crippen LogP contribution < -0.4 is 0 Å². The Morgan fingerprint density at radius 2 is 0.500 bits per heavy atom. The van der Waals surface area contributed by atoms with Gasteiger partial charge in [0.05, 0.1) is 6.61 Å². The second kappa shape index (κ2) is 40.5. The molecule has 0 heterocycles. The molecule has 0 fully saturated rings. The molecule has 0 aliphatic rings. The molecule has 0 saturated heterocycles. The first-order valence-corrected chi connectivity index (χ1v) is 21.0. The SMILES string of the molecule is CCCCCCCCCCCCCCCCCCCCCCCCCCCCCCOC(=O)CCCCCCCCCCC. The Bertz CT molecular complexity index is 516. The molecule has 0 radical (unpaired) electrons. The molecule has 0 N–H and O–H groups in total. The van der Waals surface area contributed by atoms with E-state index in [1.54, 1.807) is 0 Å². The second-order valence-electron chi connectivity index (χ2n) is 14.3. The normalized spacial score (nSPS) is 11.4. The van der Waals surface area contributed by atoms with E-state index in [0.717, 1.165) is 12.8 Å². The van der Waals surface area contributed by atoms with Crippen LogP contribution in [0.2, 0.25) is 0 Å². The van der Waals surface area contributed by atoms with Crippen molar-refractivity contribution in [1.82, 2.24) is 0 Å². The smallest absolute Gasteiger partial charge is 0.305 e. The van der Waals surface area contributed by atoms with Crippen molar-refractivity contribution in [1.29, 1.82) is 0 Å². The highest BCUT2D eigenvalue weighted by Gasteiger charge is 2.03. The maximum absolute atomic E-state index is 11.9. The van der Waals surface area contributed by atoms with Crippen LogP contribution in [-0.2, 0) is 9.53 Å². The average Bonchev–Trinajstić information content (AvgIpc) is 3.03. The van der Waals surface area contributed by atoms with Gasteiger partial charge in [-0.3, -0.25) is 4.79 Å². The van der Waals surface area contributed by atoms with Gasteiger partial charge in [-0.15, -0.1) is 0 Å². The minimum atomic E-state index is 0.0259. The lowest BCUT2D eigenvalue weighted by atomic mass is 10.0. The first-order chi connectivity index (χ1) is 21.8. The van der Waals surface area contributed by atoms with Gasteiger partial charge in [-0.2, -0.15) is 0 Å². The van der Waals surface area contributed by atoms with Gasteiger partial charge >= 0.3 is 5.97 Å². The number of rotatable bonds is 39. The molecule has 0 aliphatic carbocycles. The van der Waals surface area contributed by atoms with Gasteiger partial charge in [0.1, 0.15) is 0 Å². The lowest BCUT2D eigenvalue weighted by molar-refractivity contribution is -0.143. The number of hydrogen-bond acceptors (Lipinski definition) is 2. The van der Waals surface area contributed by atoms with Crippen LogP contribution in [0, 0.1) is 0 Å². The third-order valence-corrected chi connectivity index (χ3v) is 9.75. The molecule has 0 aromatic heterocycles. The topological polar surface area (TPSA) is 26.3 Å². The molecule has 264 valence electrons. The standard InChI is InChI=1S/C42H84O2/c1-3-5-7-9-11-13-14-15-16-17-18-19-20-21-22-23-24-25-26-27-28-29-30-31-33-35-37-39-41-44-42(43)40-38-36-34-32-12-10-8-6-4-2/h3-41H2,1-2H3. The molecule has 0 bridgehead atoms. The molecule has 0 saturated carbocycles. The Morgan fingerprint density at radius 3 is 0.750 bits per heavy atom. The van der Waals surface area contributed by atoms with Crippen LogP contribution in [0.3, 0.4) is 0 Å². The summed E-state index contributed by atoms with van der Waals surface area (Å²) in [7, 11) is 0. The number of esters is 1. The quantitative estimate of drug-likeness (QED) is 0.0505. The molecule has 44 heavy (non-hydrogen) atoms. The Balaban J connectivity index is 3.11. The Hall–Kier alpha value is -0.530. The molecule has 0 aromatic rings. The van der Waals surface area contributed by atoms with E-state index in [1.807, 2.05) is 0 Å². The van der Waals surface area contributed by atoms with E-state index in [4.69, 9.17) is 4.74 Å². The van der Waals surface area contributed by atoms with Crippen molar-refractivity contribution in [3.05, 3.63) is 0 Å². The van der Waals surface area contributed by atoms with Crippen molar-refractivity contribution in [2.45, 2.75) is 258 Å². The van der Waals surface area contributed by atoms with Crippen LogP contribution in [0.25, 0.3) is 0 Å². The van der Waals surface area contributed by atoms with Crippen LogP contribution in [0.1, 0.15) is 258 Å². The molecule has 0 unspecified atom stereocenters. The summed E-state index contributed by atoms with van der Waals surface area (Å²) in [5, 5.41) is 0. The first-order valence-electron chi connectivity index (χ1n) is 21.0. The van der Waals surface area contributed by atoms with Gasteiger partial charge in [-0.25, -0.2) is 0 Å². The fourth-order valence-corrected chi connectivity index (χ4v) is 6.61. The van der Waals surface area contributed by atoms with E-state index in [0.29, 0.717) is 13.0 Å². The van der Waals surface area contributed by atoms with E-state index in [2.05, 4.69) is 13.8 Å². The van der Waals surface area contributed by atoms with Crippen molar-refractivity contribution in [2.24, 2.45) is 0 Å². The van der Waals surface area contributed by atoms with Crippen molar-refractivity contribution >= 4 is 5.97 Å². The summed E-state index contributed by atoms with van der Waals surface area (Å²) in [6.45, 7) is 5.21. The second-order valence-corrected chi connectivity index (χ2v) is 14.3. The lowest BCUT2D eigenvalue weighted by Crippen LogP contribution is -2.05. The summed E-state index contributed by atoms with van der Waals surface area (Å²) in [5.74, 6) is 0.0259. The fourth-order valence-electron chi connectivity index (χ4n) is 6.61. The highest BCUT2D eigenvalue weighted by molar-refractivity contribution is 5.69. The van der Waals surface area contributed by atoms with Gasteiger partial charge in [0.2, 0.25) is 0 Å². The minimum absolute atomic E-state index is 0.0259. The third kappa shape index (κ3) is 39.5. The highest BCUT2D eigenvalue weighted by Crippen LogP contribution is 2.16. The van der Waals surface area contributed by atoms with Crippen molar-refractivity contribution in [3.63, 3.8) is 0 Å². The van der Waals surface area contributed by atoms with Gasteiger partial charge in [0.25, 0.3) is 0 Å². The fraction of sp³-hybridized carbons (Fsp3) is 0.976. The van der Waals surface area contributed by atoms with Crippen LogP contribution >= 0.6 is 0 Å². The van der Waals surface area contributed by atoms with Crippen molar-refractivity contribution in [2.75, 3.05) is 6.61 Å². The zero-order valence-corrected chi connectivity index (χ0v) is 30.9. The minimum Gasteiger partial charge on any atom is -0.466 e. The lowest BCUT2D eigenvalue weighted by Gasteiger charge is -2.06. The first kappa shape index (κ1) is 43.5. The van der Waals surface area contributed by atoms with E-state index in [-0.39, 0.29) is 5.97 Å². The highest BCUT2D eigenvalue weighted by atomic mass is 16.5. The molecular formula is C42H84O2. The Kier molecular flexibility index (Phi) is 40.0. The average molecular weight is 621 g/mol. The van der Waals surface area contributed by atoms with Crippen LogP contribution in [-0.4, -0.2) is 12.6 Å². The summed E-state index contributed by atoms with van der Waals surface area (Å²) in [5.41, 5.74) is 0. The number of carbonyl (C=O) groups excluding carboxylic acids is 1. The van der Waals surface area contributed by atoms with Crippen LogP contribution in [0.15, 0.2) is 0 Å². The Morgan fingerprint density at radius 1 is 0.295 bits per heavy atom. The van der Waals surface area contributed by atoms with E-state index in [9.17, 15) is 4.79 Å². The van der Waals surface area contributed by atoms with Crippen LogP contribution in [0.4, 0.5) is 0 Å². The maximum atomic E-state index is 11.9. The molecule has 0 spiro atoms. The zero-order valence-electron chi connectivity index (χ0n) is 30.9. The van der Waals surface area contributed by atoms with Gasteiger partial charge in [0.15, 0.2) is 0 Å². The number of hydrogen-bond donors (Lipinski definition) is 0. The van der Waals surface area contributed by atoms with Crippen LogP contribution in [0.5, 0.6) is 0 Å². The molecule has 0 aliphatic heterocycles.